The maximum absolute atomic E-state index is 14.0. The molecule has 2 heterocycles. The standard InChI is InChI=1S/C28H29N3O4/c32-26(16-21-8-3-1-4-9-21)31(19-22-10-7-15-29-18-22)28(13-5-2-6-14-28)27(33)30-23-11-12-24-25(17-23)35-20-34-24/h1,3-4,7-12,15,17-18H,2,5-6,13-14,16,19-20H2,(H,30,33). The molecule has 5 rings (SSSR count). The Morgan fingerprint density at radius 1 is 0.914 bits per heavy atom. The summed E-state index contributed by atoms with van der Waals surface area (Å²) in [6.45, 7) is 0.498. The Kier molecular flexibility index (Phi) is 6.66. The zero-order chi connectivity index (χ0) is 24.1. The normalized spacial score (nSPS) is 15.9. The van der Waals surface area contributed by atoms with Gasteiger partial charge in [0.05, 0.1) is 6.42 Å². The first-order valence-corrected chi connectivity index (χ1v) is 12.1. The lowest BCUT2D eigenvalue weighted by molar-refractivity contribution is -0.148. The minimum atomic E-state index is -0.948. The summed E-state index contributed by atoms with van der Waals surface area (Å²) in [5, 5.41) is 3.08. The van der Waals surface area contributed by atoms with Gasteiger partial charge in [0.2, 0.25) is 18.6 Å². The van der Waals surface area contributed by atoms with Crippen molar-refractivity contribution < 1.29 is 19.1 Å². The zero-order valence-electron chi connectivity index (χ0n) is 19.6. The molecule has 0 spiro atoms. The number of carbonyl (C=O) groups is 2. The van der Waals surface area contributed by atoms with E-state index in [0.717, 1.165) is 30.4 Å². The largest absolute Gasteiger partial charge is 0.454 e. The molecule has 7 nitrogen and oxygen atoms in total. The second kappa shape index (κ2) is 10.2. The predicted molar refractivity (Wildman–Crippen MR) is 132 cm³/mol. The first-order valence-electron chi connectivity index (χ1n) is 12.1. The van der Waals surface area contributed by atoms with Gasteiger partial charge in [0.1, 0.15) is 5.54 Å². The molecular formula is C28H29N3O4. The summed E-state index contributed by atoms with van der Waals surface area (Å²) in [6.07, 6.45) is 7.76. The van der Waals surface area contributed by atoms with E-state index >= 15 is 0 Å². The Morgan fingerprint density at radius 3 is 2.46 bits per heavy atom. The van der Waals surface area contributed by atoms with Crippen LogP contribution >= 0.6 is 0 Å². The molecule has 2 aliphatic rings. The van der Waals surface area contributed by atoms with Crippen molar-refractivity contribution in [3.8, 4) is 11.5 Å². The lowest BCUT2D eigenvalue weighted by Gasteiger charge is -2.45. The highest BCUT2D eigenvalue weighted by molar-refractivity contribution is 6.01. The lowest BCUT2D eigenvalue weighted by Crippen LogP contribution is -2.60. The molecule has 7 heteroatoms. The summed E-state index contributed by atoms with van der Waals surface area (Å²) in [5.74, 6) is 1.03. The van der Waals surface area contributed by atoms with Gasteiger partial charge in [0.25, 0.3) is 0 Å². The maximum Gasteiger partial charge on any atom is 0.250 e. The van der Waals surface area contributed by atoms with Crippen LogP contribution in [0.25, 0.3) is 0 Å². The summed E-state index contributed by atoms with van der Waals surface area (Å²) in [5.41, 5.74) is 1.50. The van der Waals surface area contributed by atoms with E-state index in [1.54, 1.807) is 35.5 Å². The Labute approximate surface area is 205 Å². The van der Waals surface area contributed by atoms with E-state index in [4.69, 9.17) is 9.47 Å². The number of fused-ring (bicyclic) bond motifs is 1. The van der Waals surface area contributed by atoms with E-state index in [1.807, 2.05) is 42.5 Å². The van der Waals surface area contributed by atoms with Gasteiger partial charge in [-0.25, -0.2) is 0 Å². The first kappa shape index (κ1) is 22.9. The molecule has 35 heavy (non-hydrogen) atoms. The number of rotatable bonds is 7. The van der Waals surface area contributed by atoms with Crippen LogP contribution in [0.4, 0.5) is 5.69 Å². The molecule has 3 aromatic rings. The molecule has 1 aromatic heterocycles. The quantitative estimate of drug-likeness (QED) is 0.539. The Balaban J connectivity index is 1.47. The number of aromatic nitrogens is 1. The van der Waals surface area contributed by atoms with Crippen LogP contribution in [-0.2, 0) is 22.6 Å². The van der Waals surface area contributed by atoms with Crippen molar-refractivity contribution in [1.29, 1.82) is 0 Å². The van der Waals surface area contributed by atoms with Crippen LogP contribution in [0.15, 0.2) is 73.1 Å². The van der Waals surface area contributed by atoms with Crippen molar-refractivity contribution in [2.75, 3.05) is 12.1 Å². The molecule has 2 amide bonds. The third-order valence-electron chi connectivity index (χ3n) is 6.81. The number of pyridine rings is 1. The van der Waals surface area contributed by atoms with Gasteiger partial charge in [0.15, 0.2) is 11.5 Å². The van der Waals surface area contributed by atoms with Crippen molar-refractivity contribution in [1.82, 2.24) is 9.88 Å². The highest BCUT2D eigenvalue weighted by Gasteiger charge is 2.47. The van der Waals surface area contributed by atoms with E-state index in [1.165, 1.54) is 0 Å². The van der Waals surface area contributed by atoms with Gasteiger partial charge >= 0.3 is 0 Å². The maximum atomic E-state index is 14.0. The smallest absolute Gasteiger partial charge is 0.250 e. The van der Waals surface area contributed by atoms with Crippen LogP contribution in [0, 0.1) is 0 Å². The van der Waals surface area contributed by atoms with E-state index in [9.17, 15) is 9.59 Å². The molecule has 180 valence electrons. The van der Waals surface area contributed by atoms with Gasteiger partial charge in [-0.15, -0.1) is 0 Å². The molecule has 1 aliphatic heterocycles. The number of hydrogen-bond donors (Lipinski definition) is 1. The SMILES string of the molecule is O=C(Cc1ccccc1)N(Cc1cccnc1)C1(C(=O)Nc2ccc3c(c2)OCO3)CCCCC1. The monoisotopic (exact) mass is 471 g/mol. The van der Waals surface area contributed by atoms with E-state index in [0.29, 0.717) is 36.6 Å². The Morgan fingerprint density at radius 2 is 1.69 bits per heavy atom. The third kappa shape index (κ3) is 4.99. The van der Waals surface area contributed by atoms with E-state index in [-0.39, 0.29) is 25.0 Å². The summed E-state index contributed by atoms with van der Waals surface area (Å²) < 4.78 is 10.9. The van der Waals surface area contributed by atoms with Crippen molar-refractivity contribution in [2.24, 2.45) is 0 Å². The number of hydrogen-bond acceptors (Lipinski definition) is 5. The summed E-state index contributed by atoms with van der Waals surface area (Å²) in [7, 11) is 0. The van der Waals surface area contributed by atoms with Crippen LogP contribution in [0.5, 0.6) is 11.5 Å². The summed E-state index contributed by atoms with van der Waals surface area (Å²) in [6, 6.07) is 18.8. The van der Waals surface area contributed by atoms with E-state index in [2.05, 4.69) is 10.3 Å². The summed E-state index contributed by atoms with van der Waals surface area (Å²) in [4.78, 5) is 33.8. The molecule has 0 saturated heterocycles. The fourth-order valence-electron chi connectivity index (χ4n) is 5.00. The highest BCUT2D eigenvalue weighted by atomic mass is 16.7. The second-order valence-electron chi connectivity index (χ2n) is 9.12. The number of amides is 2. The minimum Gasteiger partial charge on any atom is -0.454 e. The highest BCUT2D eigenvalue weighted by Crippen LogP contribution is 2.38. The third-order valence-corrected chi connectivity index (χ3v) is 6.81. The van der Waals surface area contributed by atoms with Gasteiger partial charge in [-0.3, -0.25) is 14.6 Å². The zero-order valence-corrected chi connectivity index (χ0v) is 19.6. The lowest BCUT2D eigenvalue weighted by atomic mass is 9.78. The molecule has 1 aliphatic carbocycles. The average Bonchev–Trinajstić information content (AvgIpc) is 3.37. The fraction of sp³-hybridized carbons (Fsp3) is 0.321. The Bertz CT molecular complexity index is 1180. The number of ether oxygens (including phenoxy) is 2. The van der Waals surface area contributed by atoms with E-state index < -0.39 is 5.54 Å². The molecule has 2 aromatic carbocycles. The molecular weight excluding hydrogens is 442 g/mol. The molecule has 0 atom stereocenters. The van der Waals surface area contributed by atoms with Crippen LogP contribution in [0.3, 0.4) is 0 Å². The van der Waals surface area contributed by atoms with Gasteiger partial charge in [-0.2, -0.15) is 0 Å². The molecule has 0 bridgehead atoms. The minimum absolute atomic E-state index is 0.0669. The number of nitrogens with one attached hydrogen (secondary N) is 1. The molecule has 0 radical (unpaired) electrons. The molecule has 1 saturated carbocycles. The van der Waals surface area contributed by atoms with Crippen molar-refractivity contribution in [3.05, 3.63) is 84.2 Å². The van der Waals surface area contributed by atoms with Crippen molar-refractivity contribution >= 4 is 17.5 Å². The van der Waals surface area contributed by atoms with Gasteiger partial charge in [0, 0.05) is 30.7 Å². The second-order valence-corrected chi connectivity index (χ2v) is 9.12. The van der Waals surface area contributed by atoms with Crippen LogP contribution < -0.4 is 14.8 Å². The Hall–Kier alpha value is -3.87. The topological polar surface area (TPSA) is 80.8 Å². The summed E-state index contributed by atoms with van der Waals surface area (Å²) >= 11 is 0. The van der Waals surface area contributed by atoms with Crippen LogP contribution in [0.2, 0.25) is 0 Å². The van der Waals surface area contributed by atoms with Gasteiger partial charge < -0.3 is 19.7 Å². The van der Waals surface area contributed by atoms with Crippen LogP contribution in [-0.4, -0.2) is 34.0 Å². The van der Waals surface area contributed by atoms with Crippen molar-refractivity contribution in [3.63, 3.8) is 0 Å². The number of nitrogens with zero attached hydrogens (tertiary/aromatic N) is 2. The molecule has 0 unspecified atom stereocenters. The predicted octanol–water partition coefficient (Wildman–Crippen LogP) is 4.72. The number of carbonyl (C=O) groups excluding carboxylic acids is 2. The molecule has 1 N–H and O–H groups in total. The van der Waals surface area contributed by atoms with Crippen molar-refractivity contribution in [2.45, 2.75) is 50.6 Å². The fourth-order valence-corrected chi connectivity index (χ4v) is 5.00. The number of benzene rings is 2. The number of anilines is 1. The van der Waals surface area contributed by atoms with Gasteiger partial charge in [-0.1, -0.05) is 55.7 Å². The van der Waals surface area contributed by atoms with Gasteiger partial charge in [-0.05, 0) is 42.2 Å². The first-order chi connectivity index (χ1) is 17.1. The average molecular weight is 472 g/mol. The van der Waals surface area contributed by atoms with Crippen LogP contribution in [0.1, 0.15) is 43.2 Å². The molecule has 1 fully saturated rings.